The van der Waals surface area contributed by atoms with E-state index in [1.807, 2.05) is 60.7 Å². The van der Waals surface area contributed by atoms with Crippen LogP contribution in [0.1, 0.15) is 5.56 Å². The van der Waals surface area contributed by atoms with Gasteiger partial charge in [-0.3, -0.25) is 0 Å². The van der Waals surface area contributed by atoms with Crippen LogP contribution in [0.25, 0.3) is 89.0 Å². The lowest BCUT2D eigenvalue weighted by Crippen LogP contribution is -2.02. The second-order valence-electron chi connectivity index (χ2n) is 13.0. The summed E-state index contributed by atoms with van der Waals surface area (Å²) in [5.74, 6) is 1.94. The molecule has 10 aromatic rings. The highest BCUT2D eigenvalue weighted by Gasteiger charge is 2.19. The fourth-order valence-corrected chi connectivity index (χ4v) is 7.53. The smallest absolute Gasteiger partial charge is 0.164 e. The molecule has 240 valence electrons. The fourth-order valence-electron chi connectivity index (χ4n) is 7.53. The second-order valence-corrected chi connectivity index (χ2v) is 13.0. The van der Waals surface area contributed by atoms with Gasteiger partial charge in [0.05, 0.1) is 16.6 Å². The van der Waals surface area contributed by atoms with Crippen molar-refractivity contribution in [2.75, 3.05) is 0 Å². The van der Waals surface area contributed by atoms with Crippen molar-refractivity contribution in [2.45, 2.75) is 6.92 Å². The predicted octanol–water partition coefficient (Wildman–Crippen LogP) is 11.4. The molecule has 0 radical (unpaired) electrons. The van der Waals surface area contributed by atoms with E-state index in [-0.39, 0.29) is 0 Å². The van der Waals surface area contributed by atoms with Crippen molar-refractivity contribution in [1.29, 1.82) is 0 Å². The van der Waals surface area contributed by atoms with Gasteiger partial charge in [0, 0.05) is 55.8 Å². The molecular weight excluding hydrogens is 623 g/mol. The summed E-state index contributed by atoms with van der Waals surface area (Å²) >= 11 is 0. The van der Waals surface area contributed by atoms with E-state index < -0.39 is 0 Å². The van der Waals surface area contributed by atoms with Crippen LogP contribution in [0.3, 0.4) is 0 Å². The molecule has 5 heteroatoms. The Morgan fingerprint density at radius 3 is 1.65 bits per heavy atom. The van der Waals surface area contributed by atoms with E-state index in [0.717, 1.165) is 39.1 Å². The minimum absolute atomic E-state index is 0.641. The number of aromatic nitrogens is 5. The van der Waals surface area contributed by atoms with E-state index in [1.54, 1.807) is 0 Å². The van der Waals surface area contributed by atoms with Crippen molar-refractivity contribution < 1.29 is 0 Å². The summed E-state index contributed by atoms with van der Waals surface area (Å²) in [6.07, 6.45) is 2.17. The molecule has 0 amide bonds. The third kappa shape index (κ3) is 4.82. The summed E-state index contributed by atoms with van der Waals surface area (Å²) < 4.78 is 4.68. The van der Waals surface area contributed by atoms with Gasteiger partial charge < -0.3 is 9.13 Å². The maximum Gasteiger partial charge on any atom is 0.164 e. The first-order chi connectivity index (χ1) is 25.2. The van der Waals surface area contributed by atoms with E-state index in [2.05, 4.69) is 125 Å². The van der Waals surface area contributed by atoms with Gasteiger partial charge in [-0.15, -0.1) is 0 Å². The molecule has 0 atom stereocenters. The number of hydrogen-bond acceptors (Lipinski definition) is 3. The van der Waals surface area contributed by atoms with Gasteiger partial charge in [0.2, 0.25) is 0 Å². The lowest BCUT2D eigenvalue weighted by atomic mass is 10.0. The second kappa shape index (κ2) is 11.6. The summed E-state index contributed by atoms with van der Waals surface area (Å²) in [7, 11) is 0. The van der Waals surface area contributed by atoms with Gasteiger partial charge >= 0.3 is 0 Å². The molecule has 0 spiro atoms. The van der Waals surface area contributed by atoms with Crippen LogP contribution in [-0.4, -0.2) is 24.1 Å². The molecule has 0 bridgehead atoms. The zero-order valence-corrected chi connectivity index (χ0v) is 27.9. The zero-order chi connectivity index (χ0) is 33.9. The SMILES string of the molecule is Cc1cc(-c2nc(-c3ccccc3)nc(-c3ccccc3)n2)cc(-n2c3ccccc3c3ccc4c5ccn(-c6ccccc6)c5ccc4c32)c1. The number of nitrogens with zero attached hydrogens (tertiary/aromatic N) is 5. The van der Waals surface area contributed by atoms with Crippen LogP contribution in [0.2, 0.25) is 0 Å². The van der Waals surface area contributed by atoms with Crippen LogP contribution in [0.4, 0.5) is 0 Å². The highest BCUT2D eigenvalue weighted by atomic mass is 15.0. The van der Waals surface area contributed by atoms with Crippen molar-refractivity contribution in [1.82, 2.24) is 24.1 Å². The molecule has 3 heterocycles. The maximum absolute atomic E-state index is 5.07. The molecule has 7 aromatic carbocycles. The van der Waals surface area contributed by atoms with Gasteiger partial charge in [-0.2, -0.15) is 0 Å². The number of hydrogen-bond donors (Lipinski definition) is 0. The van der Waals surface area contributed by atoms with Crippen LogP contribution in [0, 0.1) is 6.92 Å². The number of benzene rings is 7. The Kier molecular flexibility index (Phi) is 6.64. The number of aryl methyl sites for hydroxylation is 1. The maximum atomic E-state index is 5.07. The molecule has 0 aliphatic carbocycles. The van der Waals surface area contributed by atoms with Crippen molar-refractivity contribution in [3.8, 4) is 45.5 Å². The van der Waals surface area contributed by atoms with Gasteiger partial charge in [0.25, 0.3) is 0 Å². The lowest BCUT2D eigenvalue weighted by Gasteiger charge is -2.14. The molecule has 51 heavy (non-hydrogen) atoms. The van der Waals surface area contributed by atoms with Crippen LogP contribution in [0.5, 0.6) is 0 Å². The van der Waals surface area contributed by atoms with E-state index in [0.29, 0.717) is 17.5 Å². The Bertz CT molecular complexity index is 2850. The minimum atomic E-state index is 0.641. The highest BCUT2D eigenvalue weighted by Crippen LogP contribution is 2.40. The number of para-hydroxylation sites is 2. The summed E-state index contributed by atoms with van der Waals surface area (Å²) in [5, 5.41) is 6.11. The molecule has 0 unspecified atom stereocenters. The zero-order valence-electron chi connectivity index (χ0n) is 27.9. The number of fused-ring (bicyclic) bond motifs is 7. The first-order valence-corrected chi connectivity index (χ1v) is 17.2. The van der Waals surface area contributed by atoms with Crippen LogP contribution < -0.4 is 0 Å². The molecule has 3 aromatic heterocycles. The van der Waals surface area contributed by atoms with Crippen molar-refractivity contribution in [2.24, 2.45) is 0 Å². The van der Waals surface area contributed by atoms with Gasteiger partial charge in [0.15, 0.2) is 17.5 Å². The quantitative estimate of drug-likeness (QED) is 0.186. The van der Waals surface area contributed by atoms with Gasteiger partial charge in [-0.05, 0) is 66.4 Å². The Morgan fingerprint density at radius 1 is 0.392 bits per heavy atom. The van der Waals surface area contributed by atoms with Crippen molar-refractivity contribution in [3.63, 3.8) is 0 Å². The van der Waals surface area contributed by atoms with E-state index in [4.69, 9.17) is 15.0 Å². The van der Waals surface area contributed by atoms with Gasteiger partial charge in [-0.1, -0.05) is 115 Å². The predicted molar refractivity (Wildman–Crippen MR) is 210 cm³/mol. The average molecular weight is 654 g/mol. The Labute approximate surface area is 294 Å². The summed E-state index contributed by atoms with van der Waals surface area (Å²) in [4.78, 5) is 15.1. The van der Waals surface area contributed by atoms with Crippen LogP contribution in [-0.2, 0) is 0 Å². The molecule has 0 aliphatic heterocycles. The van der Waals surface area contributed by atoms with Gasteiger partial charge in [-0.25, -0.2) is 15.0 Å². The Balaban J connectivity index is 1.22. The Morgan fingerprint density at radius 2 is 0.941 bits per heavy atom. The summed E-state index contributed by atoms with van der Waals surface area (Å²) in [5.41, 5.74) is 9.71. The average Bonchev–Trinajstić information content (AvgIpc) is 3.79. The van der Waals surface area contributed by atoms with E-state index in [9.17, 15) is 0 Å². The van der Waals surface area contributed by atoms with E-state index in [1.165, 1.54) is 38.0 Å². The third-order valence-electron chi connectivity index (χ3n) is 9.81. The largest absolute Gasteiger partial charge is 0.317 e. The fraction of sp³-hybridized carbons (Fsp3) is 0.0217. The standard InChI is InChI=1S/C46H31N5/c1-30-27-33(46-48-44(31-13-5-2-6-14-31)47-45(49-46)32-15-7-3-8-16-32)29-35(28-30)51-42-20-12-11-19-37(42)40-22-21-36-38-25-26-50(34-17-9-4-10-18-34)41(38)24-23-39(36)43(40)51/h2-29H,1H3. The molecule has 5 nitrogen and oxygen atoms in total. The van der Waals surface area contributed by atoms with E-state index >= 15 is 0 Å². The molecule has 0 aliphatic rings. The molecule has 0 saturated carbocycles. The first-order valence-electron chi connectivity index (χ1n) is 17.2. The normalized spacial score (nSPS) is 11.6. The highest BCUT2D eigenvalue weighted by molar-refractivity contribution is 6.23. The molecule has 10 rings (SSSR count). The minimum Gasteiger partial charge on any atom is -0.317 e. The summed E-state index contributed by atoms with van der Waals surface area (Å²) in [6.45, 7) is 2.15. The van der Waals surface area contributed by atoms with Crippen molar-refractivity contribution in [3.05, 3.63) is 176 Å². The third-order valence-corrected chi connectivity index (χ3v) is 9.81. The molecule has 0 N–H and O–H groups in total. The van der Waals surface area contributed by atoms with Crippen LogP contribution >= 0.6 is 0 Å². The molecule has 0 saturated heterocycles. The monoisotopic (exact) mass is 653 g/mol. The molecular formula is C46H31N5. The van der Waals surface area contributed by atoms with Gasteiger partial charge in [0.1, 0.15) is 0 Å². The van der Waals surface area contributed by atoms with Crippen LogP contribution in [0.15, 0.2) is 170 Å². The topological polar surface area (TPSA) is 48.5 Å². The van der Waals surface area contributed by atoms with Crippen molar-refractivity contribution >= 4 is 43.5 Å². The lowest BCUT2D eigenvalue weighted by molar-refractivity contribution is 1.07. The molecule has 0 fully saturated rings. The first kappa shape index (κ1) is 29.1. The summed E-state index contributed by atoms with van der Waals surface area (Å²) in [6, 6.07) is 57.5. The Hall–Kier alpha value is -6.85. The number of rotatable bonds is 5.